The maximum Gasteiger partial charge on any atom is 0.511 e. The molecule has 0 aliphatic rings. The van der Waals surface area contributed by atoms with Crippen molar-refractivity contribution in [1.82, 2.24) is 4.98 Å². The molecule has 0 saturated heterocycles. The minimum absolute atomic E-state index is 0.276. The highest BCUT2D eigenvalue weighted by atomic mass is 35.5. The van der Waals surface area contributed by atoms with Gasteiger partial charge in [0.05, 0.1) is 0 Å². The number of pyridine rings is 1. The van der Waals surface area contributed by atoms with Crippen LogP contribution in [0, 0.1) is 0 Å². The first kappa shape index (κ1) is 10.5. The van der Waals surface area contributed by atoms with Crippen molar-refractivity contribution in [2.45, 2.75) is 0 Å². The van der Waals surface area contributed by atoms with Gasteiger partial charge in [-0.05, 0) is 24.3 Å². The van der Waals surface area contributed by atoms with Crippen molar-refractivity contribution in [2.75, 3.05) is 0 Å². The van der Waals surface area contributed by atoms with Gasteiger partial charge in [-0.1, -0.05) is 11.6 Å². The van der Waals surface area contributed by atoms with Crippen LogP contribution < -0.4 is 10.3 Å². The molecule has 2 rings (SSSR count). The number of fused-ring (bicyclic) bond motifs is 1. The van der Waals surface area contributed by atoms with Crippen molar-refractivity contribution in [3.8, 4) is 5.75 Å². The highest BCUT2D eigenvalue weighted by Gasteiger charge is 2.07. The number of benzene rings is 1. The van der Waals surface area contributed by atoms with Gasteiger partial charge >= 0.3 is 6.16 Å². The molecule has 5 nitrogen and oxygen atoms in total. The van der Waals surface area contributed by atoms with Crippen LogP contribution in [0.5, 0.6) is 5.75 Å². The van der Waals surface area contributed by atoms with E-state index >= 15 is 0 Å². The zero-order valence-electron chi connectivity index (χ0n) is 7.86. The average molecular weight is 240 g/mol. The number of halogens is 1. The lowest BCUT2D eigenvalue weighted by atomic mass is 10.2. The summed E-state index contributed by atoms with van der Waals surface area (Å²) in [5, 5.41) is 9.50. The van der Waals surface area contributed by atoms with E-state index in [1.807, 2.05) is 0 Å². The van der Waals surface area contributed by atoms with E-state index in [-0.39, 0.29) is 5.75 Å². The number of hydrogen-bond acceptors (Lipinski definition) is 3. The Bertz CT molecular complexity index is 620. The van der Waals surface area contributed by atoms with Gasteiger partial charge in [0.1, 0.15) is 0 Å². The first-order valence-corrected chi connectivity index (χ1v) is 4.67. The van der Waals surface area contributed by atoms with Gasteiger partial charge in [-0.15, -0.1) is 0 Å². The Kier molecular flexibility index (Phi) is 2.54. The molecular formula is C10H6ClNO4. The summed E-state index contributed by atoms with van der Waals surface area (Å²) in [6.45, 7) is 0. The Morgan fingerprint density at radius 2 is 2.12 bits per heavy atom. The zero-order chi connectivity index (χ0) is 11.7. The molecule has 0 aliphatic heterocycles. The first-order chi connectivity index (χ1) is 7.56. The molecule has 1 heterocycles. The summed E-state index contributed by atoms with van der Waals surface area (Å²) < 4.78 is 4.32. The van der Waals surface area contributed by atoms with Crippen LogP contribution in [-0.2, 0) is 0 Å². The predicted molar refractivity (Wildman–Crippen MR) is 58.2 cm³/mol. The third-order valence-corrected chi connectivity index (χ3v) is 2.20. The minimum atomic E-state index is -1.54. The van der Waals surface area contributed by atoms with E-state index in [9.17, 15) is 9.59 Å². The fraction of sp³-hybridized carbons (Fsp3) is 0. The molecule has 0 radical (unpaired) electrons. The Morgan fingerprint density at radius 1 is 1.38 bits per heavy atom. The van der Waals surface area contributed by atoms with Crippen LogP contribution in [0.1, 0.15) is 0 Å². The lowest BCUT2D eigenvalue weighted by Crippen LogP contribution is -2.14. The molecule has 2 aromatic rings. The molecule has 6 heteroatoms. The smallest absolute Gasteiger partial charge is 0.449 e. The molecule has 16 heavy (non-hydrogen) atoms. The largest absolute Gasteiger partial charge is 0.511 e. The number of hydrogen-bond donors (Lipinski definition) is 2. The molecule has 1 aromatic heterocycles. The number of rotatable bonds is 1. The first-order valence-electron chi connectivity index (χ1n) is 4.29. The van der Waals surface area contributed by atoms with Crippen LogP contribution in [-0.4, -0.2) is 16.2 Å². The monoisotopic (exact) mass is 239 g/mol. The van der Waals surface area contributed by atoms with Gasteiger partial charge in [-0.25, -0.2) is 4.79 Å². The van der Waals surface area contributed by atoms with E-state index in [1.165, 1.54) is 6.07 Å². The van der Waals surface area contributed by atoms with Gasteiger partial charge in [0, 0.05) is 15.9 Å². The fourth-order valence-corrected chi connectivity index (χ4v) is 1.51. The summed E-state index contributed by atoms with van der Waals surface area (Å²) in [4.78, 5) is 24.2. The van der Waals surface area contributed by atoms with Gasteiger partial charge < -0.3 is 14.8 Å². The summed E-state index contributed by atoms with van der Waals surface area (Å²) in [6.07, 6.45) is -1.54. The highest BCUT2D eigenvalue weighted by molar-refractivity contribution is 6.31. The zero-order valence-corrected chi connectivity index (χ0v) is 8.62. The Labute approximate surface area is 94.2 Å². The van der Waals surface area contributed by atoms with Gasteiger partial charge in [-0.3, -0.25) is 4.79 Å². The van der Waals surface area contributed by atoms with E-state index in [0.717, 1.165) is 0 Å². The van der Waals surface area contributed by atoms with Crippen LogP contribution in [0.4, 0.5) is 4.79 Å². The summed E-state index contributed by atoms with van der Waals surface area (Å²) in [7, 11) is 0. The quantitative estimate of drug-likeness (QED) is 0.748. The molecule has 0 atom stereocenters. The maximum absolute atomic E-state index is 11.4. The molecule has 0 bridgehead atoms. The molecule has 0 fully saturated rings. The van der Waals surface area contributed by atoms with Crippen molar-refractivity contribution >= 4 is 28.7 Å². The van der Waals surface area contributed by atoms with Crippen molar-refractivity contribution in [1.29, 1.82) is 0 Å². The normalized spacial score (nSPS) is 10.3. The lowest BCUT2D eigenvalue weighted by molar-refractivity contribution is 0.144. The number of carboxylic acid groups (broad SMARTS) is 1. The Balaban J connectivity index is 2.64. The second kappa shape index (κ2) is 3.86. The third-order valence-electron chi connectivity index (χ3n) is 1.97. The Hall–Kier alpha value is -2.01. The number of H-pyrrole nitrogens is 1. The summed E-state index contributed by atoms with van der Waals surface area (Å²) in [6, 6.07) is 6.18. The second-order valence-corrected chi connectivity index (χ2v) is 3.50. The molecule has 0 unspecified atom stereocenters. The average Bonchev–Trinajstić information content (AvgIpc) is 2.19. The SMILES string of the molecule is O=C(O)Oc1cc2cc(Cl)ccc2[nH]c1=O. The number of carbonyl (C=O) groups is 1. The summed E-state index contributed by atoms with van der Waals surface area (Å²) in [5.41, 5.74) is -0.0376. The Morgan fingerprint density at radius 3 is 2.81 bits per heavy atom. The van der Waals surface area contributed by atoms with Crippen LogP contribution >= 0.6 is 11.6 Å². The van der Waals surface area contributed by atoms with Crippen LogP contribution in [0.25, 0.3) is 10.9 Å². The third kappa shape index (κ3) is 1.99. The molecule has 0 spiro atoms. The topological polar surface area (TPSA) is 79.4 Å². The van der Waals surface area contributed by atoms with E-state index in [0.29, 0.717) is 15.9 Å². The molecule has 0 aliphatic carbocycles. The van der Waals surface area contributed by atoms with Gasteiger partial charge in [0.25, 0.3) is 5.56 Å². The van der Waals surface area contributed by atoms with E-state index in [1.54, 1.807) is 18.2 Å². The van der Waals surface area contributed by atoms with Gasteiger partial charge in [0.15, 0.2) is 5.75 Å². The van der Waals surface area contributed by atoms with Crippen molar-refractivity contribution in [2.24, 2.45) is 0 Å². The minimum Gasteiger partial charge on any atom is -0.449 e. The highest BCUT2D eigenvalue weighted by Crippen LogP contribution is 2.19. The second-order valence-electron chi connectivity index (χ2n) is 3.06. The number of aromatic nitrogens is 1. The van der Waals surface area contributed by atoms with E-state index in [4.69, 9.17) is 16.7 Å². The fourth-order valence-electron chi connectivity index (χ4n) is 1.33. The molecule has 2 N–H and O–H groups in total. The van der Waals surface area contributed by atoms with Crippen molar-refractivity contribution < 1.29 is 14.6 Å². The van der Waals surface area contributed by atoms with E-state index in [2.05, 4.69) is 9.72 Å². The number of aromatic amines is 1. The van der Waals surface area contributed by atoms with Crippen LogP contribution in [0.15, 0.2) is 29.1 Å². The lowest BCUT2D eigenvalue weighted by Gasteiger charge is -2.02. The molecule has 82 valence electrons. The summed E-state index contributed by atoms with van der Waals surface area (Å²) >= 11 is 5.77. The number of ether oxygens (including phenoxy) is 1. The molecule has 1 aromatic carbocycles. The number of nitrogens with one attached hydrogen (secondary N) is 1. The standard InChI is InChI=1S/C10H6ClNO4/c11-6-1-2-7-5(3-6)4-8(9(13)12-7)16-10(14)15/h1-4H,(H,12,13)(H,14,15). The van der Waals surface area contributed by atoms with Crippen LogP contribution in [0.2, 0.25) is 5.02 Å². The van der Waals surface area contributed by atoms with Crippen LogP contribution in [0.3, 0.4) is 0 Å². The van der Waals surface area contributed by atoms with Gasteiger partial charge in [0.2, 0.25) is 0 Å². The van der Waals surface area contributed by atoms with Gasteiger partial charge in [-0.2, -0.15) is 0 Å². The van der Waals surface area contributed by atoms with E-state index < -0.39 is 11.7 Å². The van der Waals surface area contributed by atoms with Crippen molar-refractivity contribution in [3.05, 3.63) is 39.6 Å². The van der Waals surface area contributed by atoms with Crippen molar-refractivity contribution in [3.63, 3.8) is 0 Å². The molecule has 0 saturated carbocycles. The molecule has 0 amide bonds. The molecular weight excluding hydrogens is 234 g/mol. The summed E-state index contributed by atoms with van der Waals surface area (Å²) in [5.74, 6) is -0.276. The maximum atomic E-state index is 11.4. The predicted octanol–water partition coefficient (Wildman–Crippen LogP) is 2.24.